The molecule has 0 saturated carbocycles. The molecule has 5 aliphatic rings. The van der Waals surface area contributed by atoms with Crippen LogP contribution >= 0.6 is 185 Å². The van der Waals surface area contributed by atoms with Crippen LogP contribution in [-0.2, 0) is 33.3 Å². The highest BCUT2D eigenvalue weighted by atomic mass is 127. The number of aromatic nitrogens is 5. The molecule has 10 aromatic rings. The van der Waals surface area contributed by atoms with Gasteiger partial charge in [-0.1, -0.05) is 162 Å². The van der Waals surface area contributed by atoms with Crippen LogP contribution in [0.25, 0.3) is 50.4 Å². The predicted octanol–water partition coefficient (Wildman–Crippen LogP) is 20.1. The lowest BCUT2D eigenvalue weighted by molar-refractivity contribution is -0.120. The molecule has 110 heavy (non-hydrogen) atoms. The van der Waals surface area contributed by atoms with E-state index in [1.807, 2.05) is 75.0 Å². The van der Waals surface area contributed by atoms with Crippen molar-refractivity contribution >= 4 is 247 Å². The van der Waals surface area contributed by atoms with E-state index in [0.29, 0.717) is 46.4 Å². The van der Waals surface area contributed by atoms with Crippen molar-refractivity contribution in [2.24, 2.45) is 23.7 Å². The number of carbonyl (C=O) groups is 2. The molecule has 588 valence electrons. The lowest BCUT2D eigenvalue weighted by Crippen LogP contribution is -2.28. The average molecular weight is 1950 g/mol. The maximum atomic E-state index is 12.5. The first kappa shape index (κ1) is 87.1. The molecular weight excluding hydrogens is 1860 g/mol. The average Bonchev–Trinajstić information content (AvgIpc) is 1.62. The van der Waals surface area contributed by atoms with Crippen molar-refractivity contribution in [3.05, 3.63) is 147 Å². The molecule has 10 aromatic heterocycles. The number of halogens is 6. The second kappa shape index (κ2) is 39.9. The van der Waals surface area contributed by atoms with Gasteiger partial charge in [-0.25, -0.2) is 0 Å². The van der Waals surface area contributed by atoms with E-state index >= 15 is 0 Å². The standard InChI is InChI=1S/C19H20Cl2N2O2S2.C17H16Cl2N2O4S2.C14H16INO2S.C14H16INOS2.C14H17NO2S/c1-3-14-11(2)9-15(25-14)23-10-12(5-4-7-22-18(24)17(20)21)13-6-8-27-16(13)19(23)26;18-15(19)16(24)20-4-1-2-9-7-21(13-6-11(23)12(8-22)25-13)17(26)14-10(9)3-5-27-14;1-3-11-8(2)6-12(18-11)16-7-10(15)9-4-5-19-13(9)14(16)17;1-3-11-8(2)6-12(17-11)16-7-10(15)9-4-5-19-13(9)14(16)18;1-3-11-9(2)8-12(17-11)15-6-4-10-5-7-18-13(10)14(15)16/h6,8,10-11,14-15,17H,3,7,9H2,1-2H3,(H,22,24);3,5,7,11-13,15,22-23H,4,6,8H2,(H,20,24);2*4-5,7-8,11-12H,3,6H2,1-2H3;4-7,9,11-12H,3,8H2,1-2H3/t11-,14-,15-;11-,12-,13-;2*8-,11-,12-;9-,11-,12-/m11111/s1. The van der Waals surface area contributed by atoms with E-state index in [1.54, 1.807) is 42.6 Å². The Hall–Kier alpha value is -3.79. The van der Waals surface area contributed by atoms with Crippen molar-refractivity contribution in [1.82, 2.24) is 33.5 Å². The second-order valence-electron chi connectivity index (χ2n) is 27.5. The third-order valence-electron chi connectivity index (χ3n) is 20.3. The van der Waals surface area contributed by atoms with Gasteiger partial charge in [-0.2, -0.15) is 0 Å². The molecule has 0 bridgehead atoms. The number of fused-ring (bicyclic) bond motifs is 5. The first-order chi connectivity index (χ1) is 52.8. The van der Waals surface area contributed by atoms with E-state index in [1.165, 1.54) is 47.7 Å². The quantitative estimate of drug-likeness (QED) is 0.0346. The van der Waals surface area contributed by atoms with Crippen molar-refractivity contribution in [2.75, 3.05) is 19.7 Å². The maximum absolute atomic E-state index is 12.5. The number of nitrogens with zero attached hydrogens (tertiary/aromatic N) is 5. The Balaban J connectivity index is 0.000000138. The minimum atomic E-state index is -1.14. The molecule has 5 fully saturated rings. The Labute approximate surface area is 721 Å². The summed E-state index contributed by atoms with van der Waals surface area (Å²) >= 11 is 51.4. The monoisotopic (exact) mass is 1950 g/mol. The van der Waals surface area contributed by atoms with Gasteiger partial charge in [0, 0.05) is 77.2 Å². The fraction of sp³-hybridized carbons (Fsp3) is 0.474. The van der Waals surface area contributed by atoms with Gasteiger partial charge in [0.25, 0.3) is 22.9 Å². The van der Waals surface area contributed by atoms with Crippen LogP contribution in [0.15, 0.2) is 104 Å². The summed E-state index contributed by atoms with van der Waals surface area (Å²) < 4.78 is 49.0. The molecule has 5 aliphatic heterocycles. The van der Waals surface area contributed by atoms with E-state index in [-0.39, 0.29) is 74.0 Å². The van der Waals surface area contributed by atoms with Gasteiger partial charge in [0.1, 0.15) is 55.9 Å². The number of nitrogens with one attached hydrogen (secondary N) is 2. The van der Waals surface area contributed by atoms with Gasteiger partial charge in [-0.15, -0.1) is 56.7 Å². The Morgan fingerprint density at radius 3 is 1.24 bits per heavy atom. The van der Waals surface area contributed by atoms with Gasteiger partial charge >= 0.3 is 0 Å². The number of aliphatic hydroxyl groups is 2. The van der Waals surface area contributed by atoms with Gasteiger partial charge in [0.05, 0.1) is 69.0 Å². The molecule has 32 heteroatoms. The molecule has 15 heterocycles. The van der Waals surface area contributed by atoms with Crippen LogP contribution in [0.4, 0.5) is 0 Å². The van der Waals surface area contributed by atoms with E-state index < -0.39 is 39.9 Å². The van der Waals surface area contributed by atoms with Crippen LogP contribution in [0.3, 0.4) is 0 Å². The number of amides is 2. The Morgan fingerprint density at radius 1 is 0.491 bits per heavy atom. The summed E-state index contributed by atoms with van der Waals surface area (Å²) in [5.41, 5.74) is 1.74. The number of carbonyl (C=O) groups excluding carboxylic acids is 2. The summed E-state index contributed by atoms with van der Waals surface area (Å²) in [6.07, 6.45) is 17.0. The summed E-state index contributed by atoms with van der Waals surface area (Å²) in [6.45, 7) is 17.5. The fourth-order valence-electron chi connectivity index (χ4n) is 14.4. The first-order valence-electron chi connectivity index (χ1n) is 36.3. The summed E-state index contributed by atoms with van der Waals surface area (Å²) in [5.74, 6) is 13.1. The molecule has 0 radical (unpaired) electrons. The summed E-state index contributed by atoms with van der Waals surface area (Å²) in [6, 6.07) is 12.1. The van der Waals surface area contributed by atoms with Crippen LogP contribution in [-0.4, -0.2) is 111 Å². The molecular formula is C78H85Cl4I2N7O11S8. The molecule has 0 aromatic carbocycles. The van der Waals surface area contributed by atoms with Gasteiger partial charge < -0.3 is 58.2 Å². The molecule has 0 aliphatic carbocycles. The smallest absolute Gasteiger partial charge is 0.270 e. The highest BCUT2D eigenvalue weighted by Crippen LogP contribution is 2.42. The zero-order chi connectivity index (χ0) is 78.9. The lowest BCUT2D eigenvalue weighted by Gasteiger charge is -2.17. The first-order valence-corrected chi connectivity index (χ1v) is 45.8. The molecule has 15 rings (SSSR count). The van der Waals surface area contributed by atoms with Crippen molar-refractivity contribution < 1.29 is 43.5 Å². The summed E-state index contributed by atoms with van der Waals surface area (Å²) in [5, 5.41) is 39.6. The fourth-order valence-corrected chi connectivity index (χ4v) is 22.0. The number of hydrogen-bond acceptors (Lipinski definition) is 19. The number of alkyl halides is 4. The van der Waals surface area contributed by atoms with Crippen molar-refractivity contribution in [3.63, 3.8) is 0 Å². The van der Waals surface area contributed by atoms with Crippen LogP contribution in [0.2, 0.25) is 0 Å². The topological polar surface area (TPSA) is 204 Å². The molecule has 0 spiro atoms. The third-order valence-corrected chi connectivity index (χ3v) is 29.0. The zero-order valence-electron chi connectivity index (χ0n) is 61.4. The van der Waals surface area contributed by atoms with E-state index in [4.69, 9.17) is 107 Å². The zero-order valence-corrected chi connectivity index (χ0v) is 75.2. The van der Waals surface area contributed by atoms with Crippen molar-refractivity contribution in [2.45, 2.75) is 191 Å². The Morgan fingerprint density at radius 2 is 0.827 bits per heavy atom. The number of pyridine rings is 5. The molecule has 15 atom stereocenters. The molecule has 5 saturated heterocycles. The number of thiophene rings is 5. The number of hydrogen-bond donors (Lipinski definition) is 4. The summed E-state index contributed by atoms with van der Waals surface area (Å²) in [7, 11) is 0. The highest BCUT2D eigenvalue weighted by molar-refractivity contribution is 14.1. The van der Waals surface area contributed by atoms with Crippen LogP contribution in [0, 0.1) is 68.4 Å². The molecule has 18 nitrogen and oxygen atoms in total. The van der Waals surface area contributed by atoms with Crippen LogP contribution in [0.1, 0.15) is 155 Å². The van der Waals surface area contributed by atoms with E-state index in [9.17, 15) is 29.4 Å². The van der Waals surface area contributed by atoms with Gasteiger partial charge in [0.2, 0.25) is 0 Å². The number of ether oxygens (including phenoxy) is 5. The molecule has 0 unspecified atom stereocenters. The number of aliphatic hydroxyl groups excluding tert-OH is 2. The van der Waals surface area contributed by atoms with E-state index in [2.05, 4.69) is 157 Å². The third kappa shape index (κ3) is 20.1. The molecule has 2 amide bonds. The maximum Gasteiger partial charge on any atom is 0.270 e. The van der Waals surface area contributed by atoms with Gasteiger partial charge in [-0.05, 0) is 189 Å². The summed E-state index contributed by atoms with van der Waals surface area (Å²) in [4.78, 5) is 45.4. The highest BCUT2D eigenvalue weighted by Gasteiger charge is 2.38. The number of rotatable bonds is 14. The van der Waals surface area contributed by atoms with Gasteiger partial charge in [0.15, 0.2) is 9.67 Å². The molecule has 4 N–H and O–H groups in total. The SMILES string of the molecule is CC[C@H]1O[C@@H](n2cc(C#CCNC(=O)C(Cl)Cl)c3ccsc3c2=S)C[C@H]1C.CC[C@H]1O[C@@H](n2cc(I)c3ccsc3c2=O)C[C@H]1C.CC[C@H]1O[C@@H](n2cc(I)c3ccsc3c2=S)C[C@H]1C.CC[C@H]1O[C@@H](n2ccc3ccsc3c2=O)C[C@H]1C.O=C(NCC#Cc1cn([C@H]2C[C@@H](O)[C@@H](CO)O2)c(=S)c2sccc12)C(Cl)Cl. The Bertz CT molecular complexity index is 5110. The lowest BCUT2D eigenvalue weighted by atomic mass is 10.0. The van der Waals surface area contributed by atoms with Crippen LogP contribution < -0.4 is 21.8 Å². The van der Waals surface area contributed by atoms with E-state index in [0.717, 1.165) is 110 Å². The second-order valence-corrected chi connectivity index (χ2v) is 37.8. The van der Waals surface area contributed by atoms with Gasteiger partial charge in [-0.3, -0.25) is 28.3 Å². The normalized spacial score (nSPS) is 24.8. The van der Waals surface area contributed by atoms with Crippen LogP contribution in [0.5, 0.6) is 0 Å². The minimum absolute atomic E-state index is 0.0718. The largest absolute Gasteiger partial charge is 0.394 e. The van der Waals surface area contributed by atoms with Crippen molar-refractivity contribution in [3.8, 4) is 23.7 Å². The van der Waals surface area contributed by atoms with Crippen molar-refractivity contribution in [1.29, 1.82) is 0 Å². The minimum Gasteiger partial charge on any atom is -0.394 e. The predicted molar refractivity (Wildman–Crippen MR) is 474 cm³/mol. The Kier molecular flexibility index (Phi) is 31.6.